The van der Waals surface area contributed by atoms with E-state index >= 15 is 0 Å². The second-order valence-corrected chi connectivity index (χ2v) is 48.5. The van der Waals surface area contributed by atoms with Crippen molar-refractivity contribution in [2.75, 3.05) is 0 Å². The maximum Gasteiger partial charge on any atom is 0.394 e. The molecule has 6 heteroatoms. The number of alkyl halides is 6. The number of benzene rings is 7. The first-order chi connectivity index (χ1) is 54.3. The fraction of sp³-hybridized carbons (Fsp3) is 0.635. The van der Waals surface area contributed by atoms with Gasteiger partial charge in [-0.3, -0.25) is 0 Å². The summed E-state index contributed by atoms with van der Waals surface area (Å²) in [5.74, 6) is 5.51. The Bertz CT molecular complexity index is 4100. The second kappa shape index (κ2) is 43.5. The lowest BCUT2D eigenvalue weighted by atomic mass is 9.72. The predicted octanol–water partition coefficient (Wildman–Crippen LogP) is 37.3. The lowest BCUT2D eigenvalue weighted by Crippen LogP contribution is -2.36. The number of hydrogen-bond donors (Lipinski definition) is 0. The Morgan fingerprint density at radius 1 is 0.215 bits per heavy atom. The van der Waals surface area contributed by atoms with Crippen LogP contribution < -0.4 is 0 Å². The monoisotopic (exact) mass is 1680 g/mol. The maximum atomic E-state index is 13.3. The van der Waals surface area contributed by atoms with Crippen LogP contribution in [0.3, 0.4) is 0 Å². The van der Waals surface area contributed by atoms with Crippen LogP contribution in [0.5, 0.6) is 0 Å². The van der Waals surface area contributed by atoms with Crippen LogP contribution in [0.1, 0.15) is 466 Å². The van der Waals surface area contributed by atoms with Crippen LogP contribution in [-0.2, 0) is 71.0 Å². The molecule has 0 N–H and O–H groups in total. The fourth-order valence-electron chi connectivity index (χ4n) is 17.5. The Morgan fingerprint density at radius 2 is 0.438 bits per heavy atom. The summed E-state index contributed by atoms with van der Waals surface area (Å²) in [7, 11) is 0. The summed E-state index contributed by atoms with van der Waals surface area (Å²) in [6.45, 7) is 100. The molecule has 0 saturated carbocycles. The van der Waals surface area contributed by atoms with Gasteiger partial charge in [0, 0.05) is 0 Å². The zero-order valence-corrected chi connectivity index (χ0v) is 86.3. The normalized spacial score (nSPS) is 13.2. The first-order valence-corrected chi connectivity index (χ1v) is 46.3. The van der Waals surface area contributed by atoms with Gasteiger partial charge in [-0.05, 0) is 252 Å². The average molecular weight is 1680 g/mol. The lowest BCUT2D eigenvalue weighted by molar-refractivity contribution is -0.211. The molecule has 0 radical (unpaired) electrons. The van der Waals surface area contributed by atoms with E-state index < -0.39 is 28.6 Å². The molecule has 0 aliphatic heterocycles. The third kappa shape index (κ3) is 34.4. The third-order valence-corrected chi connectivity index (χ3v) is 22.8. The SMILES string of the molecule is CC(C)(C)Cc1cccc(CC(C)(C)C)c1C(C)(C)C.CC(C)(C)c1c(CC(C)(C)C(F)(F)F)cccc1CC(C)(C)C(F)(F)F.CC(C)Cc1cccc(CC(C)C)c1C(C)(C)C.CC(C)c1cc(-c2ccccc2)cc(C(C)C)c1C(C)(C)C.CC(C)c1cc(C(C)C)c(C(C)(C)C)c(C(C)C)c1.CC(C)c1cccc(C(C)C)c1C(C)(C)C. The first-order valence-electron chi connectivity index (χ1n) is 46.3. The molecule has 0 bridgehead atoms. The van der Waals surface area contributed by atoms with Gasteiger partial charge < -0.3 is 0 Å². The predicted molar refractivity (Wildman–Crippen MR) is 525 cm³/mol. The molecular formula is C115H180F6. The van der Waals surface area contributed by atoms with Crippen molar-refractivity contribution in [3.8, 4) is 11.1 Å². The molecule has 0 unspecified atom stereocenters. The van der Waals surface area contributed by atoms with Crippen molar-refractivity contribution in [2.24, 2.45) is 33.5 Å². The number of halogens is 6. The van der Waals surface area contributed by atoms with Gasteiger partial charge in [0.25, 0.3) is 0 Å². The Labute approximate surface area is 742 Å². The van der Waals surface area contributed by atoms with Gasteiger partial charge in [0.2, 0.25) is 0 Å². The highest BCUT2D eigenvalue weighted by Gasteiger charge is 2.50. The van der Waals surface area contributed by atoms with Gasteiger partial charge in [-0.25, -0.2) is 0 Å². The van der Waals surface area contributed by atoms with E-state index in [1.165, 1.54) is 68.5 Å². The summed E-state index contributed by atoms with van der Waals surface area (Å²) in [5.41, 5.74) is 26.0. The Hall–Kier alpha value is -5.88. The van der Waals surface area contributed by atoms with Gasteiger partial charge in [-0.2, -0.15) is 26.3 Å². The highest BCUT2D eigenvalue weighted by Crippen LogP contribution is 2.48. The van der Waals surface area contributed by atoms with Crippen molar-refractivity contribution in [1.82, 2.24) is 0 Å². The van der Waals surface area contributed by atoms with E-state index in [0.717, 1.165) is 52.4 Å². The zero-order valence-electron chi connectivity index (χ0n) is 86.3. The quantitative estimate of drug-likeness (QED) is 0.0751. The van der Waals surface area contributed by atoms with Crippen LogP contribution in [0.4, 0.5) is 26.3 Å². The molecule has 0 heterocycles. The van der Waals surface area contributed by atoms with Crippen LogP contribution in [0.25, 0.3) is 11.1 Å². The van der Waals surface area contributed by atoms with E-state index in [1.54, 1.807) is 62.7 Å². The van der Waals surface area contributed by atoms with Crippen molar-refractivity contribution in [2.45, 2.75) is 443 Å². The topological polar surface area (TPSA) is 0 Å². The molecule has 0 nitrogen and oxygen atoms in total. The first kappa shape index (κ1) is 111. The Balaban J connectivity index is 0.000000495. The second-order valence-electron chi connectivity index (χ2n) is 48.5. The van der Waals surface area contributed by atoms with Gasteiger partial charge >= 0.3 is 12.4 Å². The minimum Gasteiger partial charge on any atom is -0.171 e. The maximum absolute atomic E-state index is 13.3. The van der Waals surface area contributed by atoms with E-state index in [4.69, 9.17) is 0 Å². The molecule has 0 aliphatic carbocycles. The van der Waals surface area contributed by atoms with Crippen molar-refractivity contribution in [3.63, 3.8) is 0 Å². The van der Waals surface area contributed by atoms with Crippen LogP contribution in [-0.4, -0.2) is 12.4 Å². The van der Waals surface area contributed by atoms with Crippen molar-refractivity contribution < 1.29 is 26.3 Å². The number of hydrogen-bond acceptors (Lipinski definition) is 0. The van der Waals surface area contributed by atoms with E-state index in [9.17, 15) is 26.3 Å². The van der Waals surface area contributed by atoms with Crippen molar-refractivity contribution >= 4 is 0 Å². The highest BCUT2D eigenvalue weighted by atomic mass is 19.4. The molecule has 7 rings (SSSR count). The molecule has 682 valence electrons. The summed E-state index contributed by atoms with van der Waals surface area (Å²) >= 11 is 0. The molecule has 0 aromatic heterocycles. The minimum atomic E-state index is -4.40. The molecule has 0 spiro atoms. The molecule has 121 heavy (non-hydrogen) atoms. The largest absolute Gasteiger partial charge is 0.394 e. The zero-order chi connectivity index (χ0) is 94.4. The van der Waals surface area contributed by atoms with Gasteiger partial charge in [0.05, 0.1) is 10.8 Å². The molecule has 0 aliphatic rings. The van der Waals surface area contributed by atoms with Crippen LogP contribution in [0.2, 0.25) is 0 Å². The summed E-state index contributed by atoms with van der Waals surface area (Å²) in [6.07, 6.45) is -4.66. The lowest BCUT2D eigenvalue weighted by Gasteiger charge is -2.35. The molecule has 0 saturated heterocycles. The van der Waals surface area contributed by atoms with Crippen LogP contribution in [0, 0.1) is 33.5 Å². The van der Waals surface area contributed by atoms with Gasteiger partial charge in [0.15, 0.2) is 0 Å². The summed E-state index contributed by atoms with van der Waals surface area (Å²) < 4.78 is 80.0. The van der Waals surface area contributed by atoms with Gasteiger partial charge in [-0.1, -0.05) is 446 Å². The molecule has 7 aromatic rings. The van der Waals surface area contributed by atoms with E-state index in [2.05, 4.69) is 379 Å². The summed E-state index contributed by atoms with van der Waals surface area (Å²) in [6, 6.07) is 45.8. The molecule has 0 atom stereocenters. The van der Waals surface area contributed by atoms with Crippen molar-refractivity contribution in [1.29, 1.82) is 0 Å². The smallest absolute Gasteiger partial charge is 0.171 e. The minimum absolute atomic E-state index is 0.175. The molecule has 0 fully saturated rings. The molecular weight excluding hydrogens is 1500 g/mol. The van der Waals surface area contributed by atoms with Crippen LogP contribution in [0.15, 0.2) is 127 Å². The van der Waals surface area contributed by atoms with E-state index in [-0.39, 0.29) is 39.9 Å². The van der Waals surface area contributed by atoms with Gasteiger partial charge in [-0.15, -0.1) is 0 Å². The molecule has 7 aromatic carbocycles. The van der Waals surface area contributed by atoms with Crippen LogP contribution >= 0.6 is 0 Å². The Kier molecular flexibility index (Phi) is 40.0. The average Bonchev–Trinajstić information content (AvgIpc) is 0.777. The summed E-state index contributed by atoms with van der Waals surface area (Å²) in [4.78, 5) is 0. The van der Waals surface area contributed by atoms with E-state index in [1.807, 2.05) is 20.8 Å². The Morgan fingerprint density at radius 3 is 0.661 bits per heavy atom. The highest BCUT2D eigenvalue weighted by molar-refractivity contribution is 5.68. The third-order valence-electron chi connectivity index (χ3n) is 22.8. The number of rotatable bonds is 18. The van der Waals surface area contributed by atoms with Crippen molar-refractivity contribution in [3.05, 3.63) is 233 Å². The van der Waals surface area contributed by atoms with E-state index in [0.29, 0.717) is 68.9 Å². The fourth-order valence-corrected chi connectivity index (χ4v) is 17.5. The summed E-state index contributed by atoms with van der Waals surface area (Å²) in [5, 5.41) is 0. The standard InChI is InChI=1S/C22H30.C20H28F6.C20H34.C19H32.C18H30.C16H26/c1-15(2)19-13-18(17-11-9-8-10-12-17)14-20(16(3)4)21(19)22(5,6)7;1-16(2,3)15-13(11-17(4,5)19(21,22)23)9-8-10-14(15)12-18(6,7)20(24,25)26;1-18(2,3)13-15-11-10-12-16(14-19(4,5)6)17(15)20(7,8)9;1-12(2)15-10-16(13(3)4)18(19(7,8)9)17(11-15)14(5)6;1-13(2)11-15-9-8-10-16(12-14(3)4)17(15)18(5,6)7;1-11(2)13-9-8-10-14(12(3)4)15(13)16(5,6)7/h8-16H,1-7H3;8-10H,11-12H2,1-7H3;10-12H,13-14H2,1-9H3;10-14H,1-9H3;8-10,13-14H,11-12H2,1-7H3;8-12H,1-7H3. The van der Waals surface area contributed by atoms with Gasteiger partial charge in [0.1, 0.15) is 0 Å². The molecule has 0 amide bonds.